The number of unbranched alkanes of at least 4 members (excludes halogenated alkanes) is 2. The molecule has 2 rings (SSSR count). The van der Waals surface area contributed by atoms with Crippen LogP contribution in [0.25, 0.3) is 0 Å². The fourth-order valence-corrected chi connectivity index (χ4v) is 1.97. The first kappa shape index (κ1) is 16.3. The lowest BCUT2D eigenvalue weighted by Gasteiger charge is -2.07. The lowest BCUT2D eigenvalue weighted by Crippen LogP contribution is -1.99. The number of halogens is 2. The average molecular weight is 333 g/mol. The maximum atomic E-state index is 5.67. The van der Waals surface area contributed by atoms with E-state index in [1.807, 2.05) is 18.2 Å². The van der Waals surface area contributed by atoms with Gasteiger partial charge in [0.05, 0.1) is 13.2 Å². The molecule has 0 atom stereocenters. The van der Waals surface area contributed by atoms with Gasteiger partial charge in [0.25, 0.3) is 0 Å². The minimum absolute atomic E-state index is 0.243. The second-order valence-electron chi connectivity index (χ2n) is 4.49. The third kappa shape index (κ3) is 6.04. The van der Waals surface area contributed by atoms with Crippen LogP contribution in [0.4, 0.5) is 0 Å². The number of fused-ring (bicyclic) bond motifs is 1. The molecule has 4 nitrogen and oxygen atoms in total. The summed E-state index contributed by atoms with van der Waals surface area (Å²) in [7, 11) is 0. The fraction of sp³-hybridized carbons (Fsp3) is 0.467. The Kier molecular flexibility index (Phi) is 7.00. The van der Waals surface area contributed by atoms with Crippen molar-refractivity contribution in [2.45, 2.75) is 19.3 Å². The summed E-state index contributed by atoms with van der Waals surface area (Å²) in [5.41, 5.74) is 0. The highest BCUT2D eigenvalue weighted by atomic mass is 35.5. The number of hydrogen-bond donors (Lipinski definition) is 0. The molecule has 0 aliphatic carbocycles. The number of benzene rings is 1. The van der Waals surface area contributed by atoms with Crippen LogP contribution < -0.4 is 14.2 Å². The lowest BCUT2D eigenvalue weighted by molar-refractivity contribution is 0.155. The molecule has 0 aromatic heterocycles. The van der Waals surface area contributed by atoms with Crippen molar-refractivity contribution >= 4 is 23.2 Å². The topological polar surface area (TPSA) is 36.9 Å². The summed E-state index contributed by atoms with van der Waals surface area (Å²) in [4.78, 5) is 0. The van der Waals surface area contributed by atoms with Crippen molar-refractivity contribution < 1.29 is 18.9 Å². The molecule has 0 radical (unpaired) electrons. The summed E-state index contributed by atoms with van der Waals surface area (Å²) in [6.07, 6.45) is 4.64. The SMILES string of the molecule is ClC(Cl)=CCOCCCCCOc1ccc2c(c1)OCO2. The molecule has 0 N–H and O–H groups in total. The van der Waals surface area contributed by atoms with Crippen LogP contribution in [0.5, 0.6) is 17.2 Å². The molecule has 0 unspecified atom stereocenters. The molecule has 1 aromatic carbocycles. The van der Waals surface area contributed by atoms with E-state index in [0.29, 0.717) is 19.8 Å². The van der Waals surface area contributed by atoms with E-state index >= 15 is 0 Å². The number of rotatable bonds is 9. The minimum Gasteiger partial charge on any atom is -0.493 e. The van der Waals surface area contributed by atoms with Crippen molar-refractivity contribution in [1.82, 2.24) is 0 Å². The predicted octanol–water partition coefficient (Wildman–Crippen LogP) is 4.30. The molecule has 1 heterocycles. The summed E-state index contributed by atoms with van der Waals surface area (Å²) in [5.74, 6) is 2.31. The Labute approximate surface area is 134 Å². The third-order valence-electron chi connectivity index (χ3n) is 2.90. The predicted molar refractivity (Wildman–Crippen MR) is 82.5 cm³/mol. The zero-order chi connectivity index (χ0) is 14.9. The molecular formula is C15H18Cl2O4. The molecule has 0 bridgehead atoms. The van der Waals surface area contributed by atoms with E-state index in [1.165, 1.54) is 0 Å². The van der Waals surface area contributed by atoms with Gasteiger partial charge < -0.3 is 18.9 Å². The molecular weight excluding hydrogens is 315 g/mol. The highest BCUT2D eigenvalue weighted by molar-refractivity contribution is 6.55. The van der Waals surface area contributed by atoms with Gasteiger partial charge in [-0.15, -0.1) is 0 Å². The molecule has 6 heteroatoms. The van der Waals surface area contributed by atoms with Crippen LogP contribution in [0.15, 0.2) is 28.8 Å². The van der Waals surface area contributed by atoms with E-state index in [2.05, 4.69) is 0 Å². The molecule has 0 saturated heterocycles. The zero-order valence-electron chi connectivity index (χ0n) is 11.6. The van der Waals surface area contributed by atoms with Gasteiger partial charge in [0.1, 0.15) is 10.2 Å². The fourth-order valence-electron chi connectivity index (χ4n) is 1.84. The first-order chi connectivity index (χ1) is 10.3. The highest BCUT2D eigenvalue weighted by Gasteiger charge is 2.13. The monoisotopic (exact) mass is 332 g/mol. The molecule has 1 aliphatic heterocycles. The van der Waals surface area contributed by atoms with Crippen LogP contribution in [0.2, 0.25) is 0 Å². The van der Waals surface area contributed by atoms with Gasteiger partial charge in [-0.1, -0.05) is 23.2 Å². The first-order valence-corrected chi connectivity index (χ1v) is 7.62. The summed E-state index contributed by atoms with van der Waals surface area (Å²) >= 11 is 10.9. The van der Waals surface area contributed by atoms with Gasteiger partial charge in [-0.25, -0.2) is 0 Å². The lowest BCUT2D eigenvalue weighted by atomic mass is 10.2. The summed E-state index contributed by atoms with van der Waals surface area (Å²) in [5, 5.41) is 0. The maximum Gasteiger partial charge on any atom is 0.231 e. The quantitative estimate of drug-likeness (QED) is 0.632. The molecule has 0 saturated carbocycles. The summed E-state index contributed by atoms with van der Waals surface area (Å²) < 4.78 is 21.8. The van der Waals surface area contributed by atoms with Crippen molar-refractivity contribution in [2.75, 3.05) is 26.6 Å². The van der Waals surface area contributed by atoms with E-state index in [-0.39, 0.29) is 11.3 Å². The molecule has 1 aromatic rings. The Morgan fingerprint density at radius 2 is 1.90 bits per heavy atom. The van der Waals surface area contributed by atoms with Gasteiger partial charge in [0, 0.05) is 12.7 Å². The zero-order valence-corrected chi connectivity index (χ0v) is 13.2. The van der Waals surface area contributed by atoms with Gasteiger partial charge in [0.2, 0.25) is 6.79 Å². The van der Waals surface area contributed by atoms with Crippen LogP contribution in [0.1, 0.15) is 19.3 Å². The van der Waals surface area contributed by atoms with E-state index in [1.54, 1.807) is 6.08 Å². The van der Waals surface area contributed by atoms with Gasteiger partial charge in [-0.3, -0.25) is 0 Å². The molecule has 0 spiro atoms. The Morgan fingerprint density at radius 3 is 2.76 bits per heavy atom. The molecule has 0 fully saturated rings. The Hall–Kier alpha value is -1.10. The van der Waals surface area contributed by atoms with E-state index in [0.717, 1.165) is 36.5 Å². The minimum atomic E-state index is 0.243. The summed E-state index contributed by atoms with van der Waals surface area (Å²) in [6.45, 7) is 2.10. The molecule has 21 heavy (non-hydrogen) atoms. The van der Waals surface area contributed by atoms with Crippen molar-refractivity contribution in [3.8, 4) is 17.2 Å². The van der Waals surface area contributed by atoms with E-state index in [9.17, 15) is 0 Å². The number of ether oxygens (including phenoxy) is 4. The Morgan fingerprint density at radius 1 is 1.10 bits per heavy atom. The largest absolute Gasteiger partial charge is 0.493 e. The van der Waals surface area contributed by atoms with Crippen molar-refractivity contribution in [3.05, 3.63) is 28.8 Å². The van der Waals surface area contributed by atoms with Gasteiger partial charge >= 0.3 is 0 Å². The van der Waals surface area contributed by atoms with Crippen LogP contribution >= 0.6 is 23.2 Å². The highest BCUT2D eigenvalue weighted by Crippen LogP contribution is 2.35. The summed E-state index contributed by atoms with van der Waals surface area (Å²) in [6, 6.07) is 5.60. The standard InChI is InChI=1S/C15H18Cl2O4/c16-15(17)6-9-18-7-2-1-3-8-19-12-4-5-13-14(10-12)21-11-20-13/h4-6,10H,1-3,7-9,11H2. The maximum absolute atomic E-state index is 5.67. The van der Waals surface area contributed by atoms with Crippen LogP contribution in [-0.4, -0.2) is 26.6 Å². The van der Waals surface area contributed by atoms with Gasteiger partial charge in [0.15, 0.2) is 11.5 Å². The van der Waals surface area contributed by atoms with Gasteiger partial charge in [-0.2, -0.15) is 0 Å². The van der Waals surface area contributed by atoms with Crippen LogP contribution in [0.3, 0.4) is 0 Å². The van der Waals surface area contributed by atoms with E-state index < -0.39 is 0 Å². The van der Waals surface area contributed by atoms with Crippen molar-refractivity contribution in [1.29, 1.82) is 0 Å². The molecule has 116 valence electrons. The van der Waals surface area contributed by atoms with Crippen LogP contribution in [-0.2, 0) is 4.74 Å². The third-order valence-corrected chi connectivity index (χ3v) is 3.21. The van der Waals surface area contributed by atoms with Crippen molar-refractivity contribution in [2.24, 2.45) is 0 Å². The second-order valence-corrected chi connectivity index (χ2v) is 5.50. The smallest absolute Gasteiger partial charge is 0.231 e. The van der Waals surface area contributed by atoms with Crippen molar-refractivity contribution in [3.63, 3.8) is 0 Å². The Balaban J connectivity index is 1.51. The first-order valence-electron chi connectivity index (χ1n) is 6.87. The normalized spacial score (nSPS) is 12.3. The van der Waals surface area contributed by atoms with Gasteiger partial charge in [-0.05, 0) is 37.5 Å². The van der Waals surface area contributed by atoms with E-state index in [4.69, 9.17) is 42.1 Å². The van der Waals surface area contributed by atoms with Crippen LogP contribution in [0, 0.1) is 0 Å². The Bertz CT molecular complexity index is 473. The second kappa shape index (κ2) is 9.03. The molecule has 0 amide bonds. The molecule has 1 aliphatic rings. The number of hydrogen-bond acceptors (Lipinski definition) is 4. The average Bonchev–Trinajstić information content (AvgIpc) is 2.92.